The summed E-state index contributed by atoms with van der Waals surface area (Å²) in [7, 11) is 0. The lowest BCUT2D eigenvalue weighted by molar-refractivity contribution is 0.443. The van der Waals surface area contributed by atoms with Crippen LogP contribution in [0, 0.1) is 0 Å². The van der Waals surface area contributed by atoms with Gasteiger partial charge in [0.05, 0.1) is 23.0 Å². The Balaban J connectivity index is 1.43. The number of nitrogens with zero attached hydrogens (tertiary/aromatic N) is 2. The van der Waals surface area contributed by atoms with Gasteiger partial charge in [0, 0.05) is 28.5 Å². The third kappa shape index (κ3) is 9.07. The molecule has 7 aromatic rings. The van der Waals surface area contributed by atoms with Crippen LogP contribution in [0.25, 0.3) is 44.6 Å². The first kappa shape index (κ1) is 46.5. The Kier molecular flexibility index (Phi) is 11.7. The molecule has 0 amide bonds. The average Bonchev–Trinajstić information content (AvgIpc) is 3.64. The van der Waals surface area contributed by atoms with Crippen molar-refractivity contribution in [2.24, 2.45) is 4.99 Å². The van der Waals surface area contributed by atoms with Crippen LogP contribution >= 0.6 is 0 Å². The zero-order valence-corrected chi connectivity index (χ0v) is 42.2. The molecule has 1 unspecified atom stereocenters. The van der Waals surface area contributed by atoms with Crippen molar-refractivity contribution in [1.29, 1.82) is 0 Å². The van der Waals surface area contributed by atoms with Crippen molar-refractivity contribution < 1.29 is 5.11 Å². The number of fused-ring (bicyclic) bond motifs is 1. The van der Waals surface area contributed by atoms with E-state index in [9.17, 15) is 5.11 Å². The van der Waals surface area contributed by atoms with Crippen LogP contribution in [0.3, 0.4) is 0 Å². The van der Waals surface area contributed by atoms with Crippen LogP contribution in [0.5, 0.6) is 5.75 Å². The molecule has 0 aliphatic carbocycles. The number of rotatable bonds is 6. The molecule has 1 aromatic heterocycles. The van der Waals surface area contributed by atoms with Crippen molar-refractivity contribution in [2.45, 2.75) is 137 Å². The summed E-state index contributed by atoms with van der Waals surface area (Å²) in [6.45, 7) is 33.8. The number of para-hydroxylation sites is 1. The first-order valence-corrected chi connectivity index (χ1v) is 23.8. The fourth-order valence-corrected chi connectivity index (χ4v) is 9.42. The fourth-order valence-electron chi connectivity index (χ4n) is 9.42. The van der Waals surface area contributed by atoms with E-state index in [1.165, 1.54) is 44.5 Å². The Hall–Kier alpha value is -6.06. The van der Waals surface area contributed by atoms with Crippen molar-refractivity contribution in [2.75, 3.05) is 0 Å². The SMILES string of the molecule is CC(C)(C)c1cc(-c2cc(-c3ccccc3)c(C(C)(C)C)cn2)cc(-c2cccc3c2N=C(c2cc(C(C)(C)C)cc(C(C)(C)C)c2O)C3c2ccc(C(C)(C)C)cc2-c2ccccc2)c1. The van der Waals surface area contributed by atoms with E-state index in [1.807, 2.05) is 0 Å². The molecule has 8 rings (SSSR count). The predicted octanol–water partition coefficient (Wildman–Crippen LogP) is 17.2. The van der Waals surface area contributed by atoms with Crippen molar-refractivity contribution in [3.8, 4) is 50.4 Å². The molecule has 66 heavy (non-hydrogen) atoms. The lowest BCUT2D eigenvalue weighted by atomic mass is 9.75. The van der Waals surface area contributed by atoms with Gasteiger partial charge in [-0.2, -0.15) is 0 Å². The summed E-state index contributed by atoms with van der Waals surface area (Å²) >= 11 is 0. The zero-order chi connectivity index (χ0) is 47.7. The third-order valence-electron chi connectivity index (χ3n) is 13.5. The molecule has 1 atom stereocenters. The lowest BCUT2D eigenvalue weighted by Gasteiger charge is -2.29. The Morgan fingerprint density at radius 1 is 0.394 bits per heavy atom. The minimum absolute atomic E-state index is 0.0553. The van der Waals surface area contributed by atoms with Crippen LogP contribution in [-0.2, 0) is 27.1 Å². The first-order valence-electron chi connectivity index (χ1n) is 23.8. The Bertz CT molecular complexity index is 2970. The molecule has 1 aliphatic heterocycles. The molecule has 0 saturated heterocycles. The predicted molar refractivity (Wildman–Crippen MR) is 282 cm³/mol. The van der Waals surface area contributed by atoms with E-state index >= 15 is 0 Å². The van der Waals surface area contributed by atoms with Gasteiger partial charge in [-0.15, -0.1) is 0 Å². The summed E-state index contributed by atoms with van der Waals surface area (Å²) in [6, 6.07) is 48.9. The Morgan fingerprint density at radius 3 is 1.52 bits per heavy atom. The average molecular weight is 871 g/mol. The molecule has 338 valence electrons. The van der Waals surface area contributed by atoms with Crippen LogP contribution in [0.15, 0.2) is 145 Å². The van der Waals surface area contributed by atoms with Crippen molar-refractivity contribution >= 4 is 11.4 Å². The van der Waals surface area contributed by atoms with Gasteiger partial charge in [-0.25, -0.2) is 0 Å². The van der Waals surface area contributed by atoms with Gasteiger partial charge in [0.1, 0.15) is 5.75 Å². The number of aromatic nitrogens is 1. The number of aromatic hydroxyl groups is 1. The largest absolute Gasteiger partial charge is 0.507 e. The quantitative estimate of drug-likeness (QED) is 0.181. The molecular weight excluding hydrogens is 801 g/mol. The second-order valence-corrected chi connectivity index (χ2v) is 23.8. The number of hydrogen-bond donors (Lipinski definition) is 1. The van der Waals surface area contributed by atoms with Gasteiger partial charge in [-0.3, -0.25) is 9.98 Å². The monoisotopic (exact) mass is 871 g/mol. The highest BCUT2D eigenvalue weighted by Gasteiger charge is 2.37. The number of phenols is 1. The summed E-state index contributed by atoms with van der Waals surface area (Å²) in [5, 5.41) is 12.6. The molecule has 0 fully saturated rings. The molecule has 0 radical (unpaired) electrons. The highest BCUT2D eigenvalue weighted by atomic mass is 16.3. The Labute approximate surface area is 396 Å². The van der Waals surface area contributed by atoms with Crippen molar-refractivity contribution in [1.82, 2.24) is 4.98 Å². The molecule has 1 N–H and O–H groups in total. The van der Waals surface area contributed by atoms with Crippen LogP contribution < -0.4 is 0 Å². The first-order chi connectivity index (χ1) is 30.8. The van der Waals surface area contributed by atoms with E-state index in [4.69, 9.17) is 9.98 Å². The van der Waals surface area contributed by atoms with E-state index in [0.29, 0.717) is 5.75 Å². The van der Waals surface area contributed by atoms with E-state index in [0.717, 1.165) is 56.0 Å². The normalized spacial score (nSPS) is 14.6. The smallest absolute Gasteiger partial charge is 0.128 e. The van der Waals surface area contributed by atoms with Crippen molar-refractivity contribution in [3.63, 3.8) is 0 Å². The topological polar surface area (TPSA) is 45.5 Å². The molecular formula is C63H70N2O. The molecule has 1 aliphatic rings. The van der Waals surface area contributed by atoms with Crippen LogP contribution in [0.2, 0.25) is 0 Å². The molecule has 3 heteroatoms. The van der Waals surface area contributed by atoms with Gasteiger partial charge >= 0.3 is 0 Å². The van der Waals surface area contributed by atoms with E-state index in [-0.39, 0.29) is 33.0 Å². The zero-order valence-electron chi connectivity index (χ0n) is 42.2. The third-order valence-corrected chi connectivity index (χ3v) is 13.5. The molecule has 0 spiro atoms. The second-order valence-electron chi connectivity index (χ2n) is 23.8. The lowest BCUT2D eigenvalue weighted by Crippen LogP contribution is -2.20. The summed E-state index contributed by atoms with van der Waals surface area (Å²) < 4.78 is 0. The number of hydrogen-bond acceptors (Lipinski definition) is 3. The maximum absolute atomic E-state index is 12.6. The number of aliphatic imine (C=N–C) groups is 1. The fraction of sp³-hybridized carbons (Fsp3) is 0.333. The molecule has 0 saturated carbocycles. The van der Waals surface area contributed by atoms with Crippen LogP contribution in [-0.4, -0.2) is 15.8 Å². The maximum atomic E-state index is 12.6. The van der Waals surface area contributed by atoms with E-state index in [1.54, 1.807) is 0 Å². The van der Waals surface area contributed by atoms with E-state index < -0.39 is 0 Å². The van der Waals surface area contributed by atoms with Gasteiger partial charge in [-0.1, -0.05) is 213 Å². The van der Waals surface area contributed by atoms with Gasteiger partial charge in [-0.05, 0) is 113 Å². The Morgan fingerprint density at radius 2 is 0.939 bits per heavy atom. The van der Waals surface area contributed by atoms with E-state index in [2.05, 4.69) is 244 Å². The van der Waals surface area contributed by atoms with Gasteiger partial charge < -0.3 is 5.11 Å². The van der Waals surface area contributed by atoms with Gasteiger partial charge in [0.25, 0.3) is 0 Å². The second kappa shape index (κ2) is 16.7. The molecule has 2 heterocycles. The maximum Gasteiger partial charge on any atom is 0.128 e. The number of phenolic OH excluding ortho intramolecular Hbond substituents is 1. The highest BCUT2D eigenvalue weighted by molar-refractivity contribution is 6.15. The van der Waals surface area contributed by atoms with Crippen LogP contribution in [0.4, 0.5) is 5.69 Å². The summed E-state index contributed by atoms with van der Waals surface area (Å²) in [4.78, 5) is 11.0. The van der Waals surface area contributed by atoms with Gasteiger partial charge in [0.2, 0.25) is 0 Å². The molecule has 3 nitrogen and oxygen atoms in total. The summed E-state index contributed by atoms with van der Waals surface area (Å²) in [5.74, 6) is 0.0422. The minimum atomic E-state index is -0.306. The summed E-state index contributed by atoms with van der Waals surface area (Å²) in [5.41, 5.74) is 18.8. The number of benzene rings is 6. The highest BCUT2D eigenvalue weighted by Crippen LogP contribution is 2.52. The summed E-state index contributed by atoms with van der Waals surface area (Å²) in [6.07, 6.45) is 2.09. The minimum Gasteiger partial charge on any atom is -0.507 e. The number of pyridine rings is 1. The van der Waals surface area contributed by atoms with Crippen molar-refractivity contribution in [3.05, 3.63) is 184 Å². The molecule has 0 bridgehead atoms. The molecule has 6 aromatic carbocycles. The van der Waals surface area contributed by atoms with Gasteiger partial charge in [0.15, 0.2) is 0 Å². The van der Waals surface area contributed by atoms with Crippen LogP contribution in [0.1, 0.15) is 154 Å². The standard InChI is InChI=1S/C63H70N2O/c1-59(2,3)43-29-30-47(49(34-43)39-23-18-16-19-24-39)55-48-28-22-27-46(56(48)65-57(55)51-35-45(61(7,8)9)36-52(58(51)66)62(10,11)12)41-31-42(33-44(32-41)60(4,5)6)54-37-50(40-25-20-17-21-26-40)53(38-64-54)63(13,14)15/h16-38,55,66H,1-15H3.